The lowest BCUT2D eigenvalue weighted by Crippen LogP contribution is -1.99. The van der Waals surface area contributed by atoms with Crippen molar-refractivity contribution in [1.29, 1.82) is 0 Å². The maximum atomic E-state index is 5.12. The third-order valence-corrected chi connectivity index (χ3v) is 8.35. The number of hydrogen-bond acceptors (Lipinski definition) is 3. The molecule has 3 heterocycles. The highest BCUT2D eigenvalue weighted by molar-refractivity contribution is 7.26. The Hall–Kier alpha value is -3.04. The fraction of sp³-hybridized carbons (Fsp3) is 0.267. The first kappa shape index (κ1) is 20.6. The number of rotatable bonds is 4. The van der Waals surface area contributed by atoms with E-state index >= 15 is 0 Å². The molecule has 164 valence electrons. The van der Waals surface area contributed by atoms with Gasteiger partial charge in [0.25, 0.3) is 0 Å². The predicted molar refractivity (Wildman–Crippen MR) is 141 cm³/mol. The Morgan fingerprint density at radius 1 is 0.848 bits per heavy atom. The lowest BCUT2D eigenvalue weighted by atomic mass is 9.97. The molecule has 0 N–H and O–H groups in total. The predicted octanol–water partition coefficient (Wildman–Crippen LogP) is 8.53. The molecule has 1 aliphatic carbocycles. The Morgan fingerprint density at radius 3 is 2.45 bits per heavy atom. The number of pyridine rings is 2. The van der Waals surface area contributed by atoms with E-state index in [0.717, 1.165) is 22.1 Å². The molecule has 2 aromatic carbocycles. The molecule has 33 heavy (non-hydrogen) atoms. The summed E-state index contributed by atoms with van der Waals surface area (Å²) in [6.07, 6.45) is 8.69. The molecule has 2 nitrogen and oxygen atoms in total. The fourth-order valence-corrected chi connectivity index (χ4v) is 6.73. The molecule has 3 heteroatoms. The van der Waals surface area contributed by atoms with Crippen molar-refractivity contribution < 1.29 is 0 Å². The quantitative estimate of drug-likeness (QED) is 0.275. The minimum atomic E-state index is 0.841. The fourth-order valence-electron chi connectivity index (χ4n) is 5.53. The van der Waals surface area contributed by atoms with E-state index in [4.69, 9.17) is 9.97 Å². The number of fused-ring (bicyclic) bond motifs is 3. The molecule has 5 aromatic rings. The van der Waals surface area contributed by atoms with Gasteiger partial charge in [0.1, 0.15) is 4.83 Å². The summed E-state index contributed by atoms with van der Waals surface area (Å²) < 4.78 is 1.28. The van der Waals surface area contributed by atoms with Crippen molar-refractivity contribution in [3.63, 3.8) is 0 Å². The second-order valence-corrected chi connectivity index (χ2v) is 10.5. The monoisotopic (exact) mass is 448 g/mol. The summed E-state index contributed by atoms with van der Waals surface area (Å²) in [6.45, 7) is 4.34. The van der Waals surface area contributed by atoms with Gasteiger partial charge in [-0.15, -0.1) is 11.3 Å². The van der Waals surface area contributed by atoms with Crippen LogP contribution >= 0.6 is 11.3 Å². The number of hydrogen-bond donors (Lipinski definition) is 0. The molecule has 0 amide bonds. The third kappa shape index (κ3) is 3.75. The van der Waals surface area contributed by atoms with E-state index in [1.54, 1.807) is 11.3 Å². The highest BCUT2D eigenvalue weighted by atomic mass is 32.1. The molecule has 0 saturated heterocycles. The Labute approximate surface area is 199 Å². The van der Waals surface area contributed by atoms with Crippen LogP contribution in [0.3, 0.4) is 0 Å². The van der Waals surface area contributed by atoms with Crippen molar-refractivity contribution in [3.05, 3.63) is 83.6 Å². The first-order valence-electron chi connectivity index (χ1n) is 12.0. The maximum absolute atomic E-state index is 5.12. The highest BCUT2D eigenvalue weighted by Crippen LogP contribution is 2.40. The van der Waals surface area contributed by atoms with Gasteiger partial charge < -0.3 is 0 Å². The highest BCUT2D eigenvalue weighted by Gasteiger charge is 2.17. The minimum absolute atomic E-state index is 0.841. The second-order valence-electron chi connectivity index (χ2n) is 9.50. The molecular weight excluding hydrogens is 420 g/mol. The van der Waals surface area contributed by atoms with Gasteiger partial charge in [-0.2, -0.15) is 0 Å². The van der Waals surface area contributed by atoms with E-state index in [0.29, 0.717) is 0 Å². The zero-order valence-electron chi connectivity index (χ0n) is 19.3. The maximum Gasteiger partial charge on any atom is 0.125 e. The SMILES string of the molecule is Cc1cccc(C)c1-c1ccc2c(n1)sc1c(-c3cc(CC4CCCC4)ccn3)cccc12. The second kappa shape index (κ2) is 8.39. The van der Waals surface area contributed by atoms with Gasteiger partial charge in [0.15, 0.2) is 0 Å². The third-order valence-electron chi connectivity index (χ3n) is 7.20. The molecule has 0 unspecified atom stereocenters. The Bertz CT molecular complexity index is 1450. The van der Waals surface area contributed by atoms with Crippen LogP contribution in [0.5, 0.6) is 0 Å². The number of thiophene rings is 1. The molecule has 0 aliphatic heterocycles. The van der Waals surface area contributed by atoms with E-state index in [-0.39, 0.29) is 0 Å². The van der Waals surface area contributed by atoms with E-state index < -0.39 is 0 Å². The van der Waals surface area contributed by atoms with Crippen LogP contribution in [-0.4, -0.2) is 9.97 Å². The molecule has 6 rings (SSSR count). The molecule has 0 radical (unpaired) electrons. The number of nitrogens with zero attached hydrogens (tertiary/aromatic N) is 2. The van der Waals surface area contributed by atoms with Crippen LogP contribution < -0.4 is 0 Å². The van der Waals surface area contributed by atoms with Gasteiger partial charge in [-0.05, 0) is 67.1 Å². The zero-order chi connectivity index (χ0) is 22.4. The minimum Gasteiger partial charge on any atom is -0.256 e. The van der Waals surface area contributed by atoms with Crippen molar-refractivity contribution in [2.24, 2.45) is 5.92 Å². The summed E-state index contributed by atoms with van der Waals surface area (Å²) in [5, 5.41) is 2.50. The van der Waals surface area contributed by atoms with Crippen LogP contribution in [0, 0.1) is 19.8 Å². The van der Waals surface area contributed by atoms with Crippen LogP contribution in [0.25, 0.3) is 42.8 Å². The number of aromatic nitrogens is 2. The summed E-state index contributed by atoms with van der Waals surface area (Å²) in [6, 6.07) is 22.0. The normalized spacial score (nSPS) is 14.5. The van der Waals surface area contributed by atoms with Gasteiger partial charge in [0, 0.05) is 32.8 Å². The Morgan fingerprint density at radius 2 is 1.64 bits per heavy atom. The molecule has 1 saturated carbocycles. The summed E-state index contributed by atoms with van der Waals surface area (Å²) in [5.41, 5.74) is 8.57. The first-order chi connectivity index (χ1) is 16.2. The van der Waals surface area contributed by atoms with Crippen molar-refractivity contribution in [3.8, 4) is 22.5 Å². The molecule has 0 atom stereocenters. The smallest absolute Gasteiger partial charge is 0.125 e. The molecule has 0 spiro atoms. The molecule has 1 fully saturated rings. The Balaban J connectivity index is 1.45. The standard InChI is InChI=1S/C30H28N2S/c1-19-7-5-8-20(2)28(19)26-14-13-24-23-11-6-12-25(29(23)33-30(24)32-26)27-18-22(15-16-31-27)17-21-9-3-4-10-21/h5-8,11-16,18,21H,3-4,9-10,17H2,1-2H3. The van der Waals surface area contributed by atoms with E-state index in [9.17, 15) is 0 Å². The first-order valence-corrected chi connectivity index (χ1v) is 12.8. The Kier molecular flexibility index (Phi) is 5.22. The molecule has 0 bridgehead atoms. The van der Waals surface area contributed by atoms with Crippen LogP contribution in [-0.2, 0) is 6.42 Å². The van der Waals surface area contributed by atoms with Crippen LogP contribution in [0.15, 0.2) is 66.9 Å². The average molecular weight is 449 g/mol. The van der Waals surface area contributed by atoms with Gasteiger partial charge in [0.05, 0.1) is 11.4 Å². The van der Waals surface area contributed by atoms with E-state index in [1.165, 1.54) is 75.4 Å². The van der Waals surface area contributed by atoms with Gasteiger partial charge in [-0.3, -0.25) is 4.98 Å². The van der Waals surface area contributed by atoms with Crippen molar-refractivity contribution >= 4 is 31.6 Å². The van der Waals surface area contributed by atoms with E-state index in [2.05, 4.69) is 74.5 Å². The van der Waals surface area contributed by atoms with Gasteiger partial charge in [0.2, 0.25) is 0 Å². The van der Waals surface area contributed by atoms with Crippen molar-refractivity contribution in [1.82, 2.24) is 9.97 Å². The van der Waals surface area contributed by atoms with Crippen LogP contribution in [0.4, 0.5) is 0 Å². The zero-order valence-corrected chi connectivity index (χ0v) is 20.1. The van der Waals surface area contributed by atoms with Crippen molar-refractivity contribution in [2.75, 3.05) is 0 Å². The van der Waals surface area contributed by atoms with Gasteiger partial charge in [-0.1, -0.05) is 62.1 Å². The van der Waals surface area contributed by atoms with Crippen molar-refractivity contribution in [2.45, 2.75) is 46.0 Å². The number of aryl methyl sites for hydroxylation is 2. The summed E-state index contributed by atoms with van der Waals surface area (Å²) in [7, 11) is 0. The summed E-state index contributed by atoms with van der Waals surface area (Å²) in [4.78, 5) is 11.0. The summed E-state index contributed by atoms with van der Waals surface area (Å²) >= 11 is 1.79. The number of benzene rings is 2. The van der Waals surface area contributed by atoms with Gasteiger partial charge >= 0.3 is 0 Å². The largest absolute Gasteiger partial charge is 0.256 e. The van der Waals surface area contributed by atoms with E-state index in [1.807, 2.05) is 6.20 Å². The topological polar surface area (TPSA) is 25.8 Å². The average Bonchev–Trinajstić information content (AvgIpc) is 3.46. The lowest BCUT2D eigenvalue weighted by molar-refractivity contribution is 0.546. The molecular formula is C30H28N2S. The summed E-state index contributed by atoms with van der Waals surface area (Å²) in [5.74, 6) is 0.841. The van der Waals surface area contributed by atoms with Crippen LogP contribution in [0.1, 0.15) is 42.4 Å². The van der Waals surface area contributed by atoms with Gasteiger partial charge in [-0.25, -0.2) is 4.98 Å². The lowest BCUT2D eigenvalue weighted by Gasteiger charge is -2.10. The van der Waals surface area contributed by atoms with Crippen LogP contribution in [0.2, 0.25) is 0 Å². The molecule has 1 aliphatic rings. The molecule has 3 aromatic heterocycles.